The van der Waals surface area contributed by atoms with Gasteiger partial charge in [0.25, 0.3) is 0 Å². The molecule has 0 amide bonds. The van der Waals surface area contributed by atoms with E-state index in [1.165, 1.54) is 302 Å². The third-order valence-electron chi connectivity index (χ3n) is 13.1. The highest BCUT2D eigenvalue weighted by atomic mass is 15.4. The number of hydrogen-bond acceptors (Lipinski definition) is 2. The van der Waals surface area contributed by atoms with E-state index in [1.807, 2.05) is 0 Å². The Labute approximate surface area is 350 Å². The topological polar surface area (TPSA) is 6.48 Å². The average molecular weight is 771 g/mol. The summed E-state index contributed by atoms with van der Waals surface area (Å²) in [7, 11) is 0. The van der Waals surface area contributed by atoms with Gasteiger partial charge in [-0.15, -0.1) is 0 Å². The highest BCUT2D eigenvalue weighted by Gasteiger charge is 2.25. The largest absolute Gasteiger partial charge is 0.356 e. The summed E-state index contributed by atoms with van der Waals surface area (Å²) in [5, 5.41) is 0. The first-order chi connectivity index (χ1) is 27.3. The van der Waals surface area contributed by atoms with Crippen molar-refractivity contribution in [2.45, 2.75) is 316 Å². The number of unbranched alkanes of at least 4 members (excludes halogenated alkanes) is 41. The van der Waals surface area contributed by atoms with Crippen molar-refractivity contribution in [1.82, 2.24) is 9.80 Å². The molecule has 2 nitrogen and oxygen atoms in total. The second-order valence-electron chi connectivity index (χ2n) is 18.5. The van der Waals surface area contributed by atoms with E-state index in [0.717, 1.165) is 0 Å². The molecule has 0 bridgehead atoms. The molecule has 0 aromatic rings. The van der Waals surface area contributed by atoms with Gasteiger partial charge in [-0.2, -0.15) is 0 Å². The fourth-order valence-electron chi connectivity index (χ4n) is 9.19. The van der Waals surface area contributed by atoms with Crippen LogP contribution < -0.4 is 0 Å². The molecule has 1 aliphatic heterocycles. The van der Waals surface area contributed by atoms with Crippen molar-refractivity contribution in [3.05, 3.63) is 12.4 Å². The summed E-state index contributed by atoms with van der Waals surface area (Å²) in [6.45, 7) is 9.50. The predicted octanol–water partition coefficient (Wildman–Crippen LogP) is 19.0. The van der Waals surface area contributed by atoms with Gasteiger partial charge in [-0.05, 0) is 25.7 Å². The van der Waals surface area contributed by atoms with Crippen molar-refractivity contribution in [1.29, 1.82) is 0 Å². The standard InChI is InChI=1S/C53H106N2/c1-4-7-10-13-16-19-22-24-26-28-30-32-35-38-41-44-47-50-55-52-51-54(53(55)48-45-42-39-36-33-21-18-15-12-9-6-3)49-46-43-40-37-34-31-29-27-25-23-20-17-14-11-8-5-2/h51-53H,4-50H2,1-3H3. The fourth-order valence-corrected chi connectivity index (χ4v) is 9.19. The lowest BCUT2D eigenvalue weighted by atomic mass is 10.0. The monoisotopic (exact) mass is 771 g/mol. The van der Waals surface area contributed by atoms with Gasteiger partial charge >= 0.3 is 0 Å². The van der Waals surface area contributed by atoms with Crippen LogP contribution >= 0.6 is 0 Å². The smallest absolute Gasteiger partial charge is 0.101 e. The quantitative estimate of drug-likeness (QED) is 0.0569. The second kappa shape index (κ2) is 44.4. The van der Waals surface area contributed by atoms with Crippen LogP contribution in [0.2, 0.25) is 0 Å². The molecular weight excluding hydrogens is 665 g/mol. The van der Waals surface area contributed by atoms with E-state index in [4.69, 9.17) is 0 Å². The third kappa shape index (κ3) is 36.2. The van der Waals surface area contributed by atoms with Crippen molar-refractivity contribution in [2.24, 2.45) is 0 Å². The van der Waals surface area contributed by atoms with E-state index in [9.17, 15) is 0 Å². The summed E-state index contributed by atoms with van der Waals surface area (Å²) in [5.74, 6) is 0. The molecule has 1 heterocycles. The normalized spacial score (nSPS) is 14.3. The molecule has 1 atom stereocenters. The Morgan fingerprint density at radius 2 is 0.418 bits per heavy atom. The summed E-state index contributed by atoms with van der Waals surface area (Å²) < 4.78 is 0. The van der Waals surface area contributed by atoms with Gasteiger partial charge in [0.1, 0.15) is 6.17 Å². The van der Waals surface area contributed by atoms with Gasteiger partial charge in [0.05, 0.1) is 0 Å². The van der Waals surface area contributed by atoms with Gasteiger partial charge in [-0.3, -0.25) is 0 Å². The molecule has 0 aromatic heterocycles. The molecule has 1 unspecified atom stereocenters. The van der Waals surface area contributed by atoms with E-state index in [2.05, 4.69) is 43.0 Å². The molecule has 0 saturated heterocycles. The Balaban J connectivity index is 2.16. The first-order valence-corrected chi connectivity index (χ1v) is 26.5. The summed E-state index contributed by atoms with van der Waals surface area (Å²) in [4.78, 5) is 5.49. The van der Waals surface area contributed by atoms with Crippen LogP contribution in [0.25, 0.3) is 0 Å². The number of nitrogens with zero attached hydrogens (tertiary/aromatic N) is 2. The summed E-state index contributed by atoms with van der Waals surface area (Å²) in [6.07, 6.45) is 70.8. The fraction of sp³-hybridized carbons (Fsp3) is 0.962. The molecule has 1 aliphatic rings. The second-order valence-corrected chi connectivity index (χ2v) is 18.5. The third-order valence-corrected chi connectivity index (χ3v) is 13.1. The maximum Gasteiger partial charge on any atom is 0.101 e. The molecule has 1 rings (SSSR count). The van der Waals surface area contributed by atoms with E-state index in [0.29, 0.717) is 6.17 Å². The highest BCUT2D eigenvalue weighted by molar-refractivity contribution is 4.97. The van der Waals surface area contributed by atoms with Crippen LogP contribution in [0.15, 0.2) is 12.4 Å². The molecule has 0 N–H and O–H groups in total. The molecule has 0 aromatic carbocycles. The van der Waals surface area contributed by atoms with Crippen LogP contribution in [0.3, 0.4) is 0 Å². The Morgan fingerprint density at radius 3 is 0.636 bits per heavy atom. The van der Waals surface area contributed by atoms with E-state index >= 15 is 0 Å². The van der Waals surface area contributed by atoms with Crippen LogP contribution in [0.4, 0.5) is 0 Å². The minimum absolute atomic E-state index is 0.635. The Morgan fingerprint density at radius 1 is 0.236 bits per heavy atom. The van der Waals surface area contributed by atoms with Crippen molar-refractivity contribution in [3.8, 4) is 0 Å². The lowest BCUT2D eigenvalue weighted by Gasteiger charge is -2.33. The van der Waals surface area contributed by atoms with Gasteiger partial charge in [0.15, 0.2) is 0 Å². The Hall–Kier alpha value is -0.660. The minimum atomic E-state index is 0.635. The molecule has 0 radical (unpaired) electrons. The Kier molecular flexibility index (Phi) is 42.3. The van der Waals surface area contributed by atoms with Gasteiger partial charge in [0.2, 0.25) is 0 Å². The number of hydrogen-bond donors (Lipinski definition) is 0. The van der Waals surface area contributed by atoms with Gasteiger partial charge in [0, 0.05) is 25.5 Å². The van der Waals surface area contributed by atoms with E-state index in [-0.39, 0.29) is 0 Å². The summed E-state index contributed by atoms with van der Waals surface area (Å²) in [6, 6.07) is 0. The van der Waals surface area contributed by atoms with Crippen LogP contribution in [0, 0.1) is 0 Å². The van der Waals surface area contributed by atoms with Crippen molar-refractivity contribution < 1.29 is 0 Å². The zero-order valence-electron chi connectivity index (χ0n) is 38.9. The van der Waals surface area contributed by atoms with Gasteiger partial charge in [-0.25, -0.2) is 0 Å². The molecule has 328 valence electrons. The lowest BCUT2D eigenvalue weighted by Crippen LogP contribution is -2.39. The highest BCUT2D eigenvalue weighted by Crippen LogP contribution is 2.24. The average Bonchev–Trinajstić information content (AvgIpc) is 3.58. The first kappa shape index (κ1) is 52.4. The maximum atomic E-state index is 2.74. The zero-order valence-corrected chi connectivity index (χ0v) is 38.9. The molecule has 0 fully saturated rings. The van der Waals surface area contributed by atoms with Crippen LogP contribution in [0.5, 0.6) is 0 Å². The summed E-state index contributed by atoms with van der Waals surface area (Å²) in [5.41, 5.74) is 0. The van der Waals surface area contributed by atoms with E-state index in [1.54, 1.807) is 0 Å². The van der Waals surface area contributed by atoms with Crippen LogP contribution in [-0.4, -0.2) is 29.1 Å². The van der Waals surface area contributed by atoms with E-state index < -0.39 is 0 Å². The molecule has 0 aliphatic carbocycles. The number of rotatable bonds is 47. The van der Waals surface area contributed by atoms with Crippen molar-refractivity contribution in [2.75, 3.05) is 13.1 Å². The SMILES string of the molecule is CCCCCCCCCCCCCCCCCCCN1C=CN(CCCCCCCCCCCCCCCCCC)C1CCCCCCCCCCCCC. The molecule has 2 heteroatoms. The minimum Gasteiger partial charge on any atom is -0.356 e. The zero-order chi connectivity index (χ0) is 39.4. The Bertz CT molecular complexity index is 732. The van der Waals surface area contributed by atoms with Crippen molar-refractivity contribution in [3.63, 3.8) is 0 Å². The molecule has 55 heavy (non-hydrogen) atoms. The molecular formula is C53H106N2. The summed E-state index contributed by atoms with van der Waals surface area (Å²) >= 11 is 0. The molecule has 0 saturated carbocycles. The van der Waals surface area contributed by atoms with Crippen LogP contribution in [0.1, 0.15) is 310 Å². The first-order valence-electron chi connectivity index (χ1n) is 26.5. The molecule has 0 spiro atoms. The van der Waals surface area contributed by atoms with Gasteiger partial charge in [-0.1, -0.05) is 284 Å². The van der Waals surface area contributed by atoms with Crippen molar-refractivity contribution >= 4 is 0 Å². The maximum absolute atomic E-state index is 2.74. The van der Waals surface area contributed by atoms with Gasteiger partial charge < -0.3 is 9.80 Å². The van der Waals surface area contributed by atoms with Crippen LogP contribution in [-0.2, 0) is 0 Å². The predicted molar refractivity (Wildman–Crippen MR) is 251 cm³/mol. The lowest BCUT2D eigenvalue weighted by molar-refractivity contribution is 0.135.